The van der Waals surface area contributed by atoms with Gasteiger partial charge in [0, 0.05) is 11.6 Å². The third kappa shape index (κ3) is 2.40. The van der Waals surface area contributed by atoms with Crippen molar-refractivity contribution >= 4 is 0 Å². The Balaban J connectivity index is 1.94. The molecule has 0 aliphatic carbocycles. The fraction of sp³-hybridized carbons (Fsp3) is 0.364. The van der Waals surface area contributed by atoms with Gasteiger partial charge in [0.05, 0.1) is 24.9 Å². The average Bonchev–Trinajstić information content (AvgIpc) is 2.86. The van der Waals surface area contributed by atoms with Crippen LogP contribution in [0.1, 0.15) is 25.5 Å². The maximum atomic E-state index is 5.54. The van der Waals surface area contributed by atoms with Crippen molar-refractivity contribution in [2.45, 2.75) is 26.5 Å². The number of aromatic nitrogens is 2. The van der Waals surface area contributed by atoms with Gasteiger partial charge in [-0.15, -0.1) is 0 Å². The molecule has 0 spiro atoms. The average molecular weight is 206 g/mol. The quantitative estimate of drug-likeness (QED) is 0.772. The van der Waals surface area contributed by atoms with Gasteiger partial charge in [-0.2, -0.15) is 5.10 Å². The zero-order chi connectivity index (χ0) is 10.7. The molecule has 15 heavy (non-hydrogen) atoms. The smallest absolute Gasteiger partial charge is 0.157 e. The second-order valence-corrected chi connectivity index (χ2v) is 3.67. The molecule has 80 valence electrons. The van der Waals surface area contributed by atoms with Gasteiger partial charge >= 0.3 is 0 Å². The molecule has 0 saturated heterocycles. The van der Waals surface area contributed by atoms with Crippen molar-refractivity contribution in [1.29, 1.82) is 0 Å². The van der Waals surface area contributed by atoms with Crippen molar-refractivity contribution in [3.63, 3.8) is 0 Å². The lowest BCUT2D eigenvalue weighted by Gasteiger charge is -2.03. The van der Waals surface area contributed by atoms with Crippen LogP contribution < -0.4 is 4.74 Å². The number of nitrogens with zero attached hydrogens (tertiary/aromatic N) is 2. The van der Waals surface area contributed by atoms with Crippen molar-refractivity contribution in [2.75, 3.05) is 0 Å². The molecule has 0 fully saturated rings. The predicted molar refractivity (Wildman–Crippen MR) is 55.7 cm³/mol. The van der Waals surface area contributed by atoms with Crippen LogP contribution in [-0.4, -0.2) is 9.78 Å². The normalized spacial score (nSPS) is 10.9. The standard InChI is InChI=1S/C11H14N2O2/c1-9(2)13-6-11(5-12-13)15-8-10-3-4-14-7-10/h3-7,9H,8H2,1-2H3. The summed E-state index contributed by atoms with van der Waals surface area (Å²) in [6.45, 7) is 4.67. The van der Waals surface area contributed by atoms with E-state index in [-0.39, 0.29) is 0 Å². The van der Waals surface area contributed by atoms with E-state index in [2.05, 4.69) is 18.9 Å². The Labute approximate surface area is 88.5 Å². The van der Waals surface area contributed by atoms with E-state index in [1.165, 1.54) is 0 Å². The summed E-state index contributed by atoms with van der Waals surface area (Å²) >= 11 is 0. The topological polar surface area (TPSA) is 40.2 Å². The summed E-state index contributed by atoms with van der Waals surface area (Å²) in [7, 11) is 0. The molecule has 0 N–H and O–H groups in total. The summed E-state index contributed by atoms with van der Waals surface area (Å²) in [5, 5.41) is 4.18. The highest BCUT2D eigenvalue weighted by Gasteiger charge is 2.02. The number of hydrogen-bond donors (Lipinski definition) is 0. The summed E-state index contributed by atoms with van der Waals surface area (Å²) in [6.07, 6.45) is 6.92. The third-order valence-corrected chi connectivity index (χ3v) is 2.09. The summed E-state index contributed by atoms with van der Waals surface area (Å²) in [5.74, 6) is 0.782. The molecule has 0 aromatic carbocycles. The number of hydrogen-bond acceptors (Lipinski definition) is 3. The van der Waals surface area contributed by atoms with Gasteiger partial charge in [-0.05, 0) is 19.9 Å². The van der Waals surface area contributed by atoms with Crippen LogP contribution in [0.4, 0.5) is 0 Å². The molecule has 4 heteroatoms. The van der Waals surface area contributed by atoms with Crippen molar-refractivity contribution in [3.05, 3.63) is 36.5 Å². The third-order valence-electron chi connectivity index (χ3n) is 2.09. The first-order valence-corrected chi connectivity index (χ1v) is 4.94. The summed E-state index contributed by atoms with van der Waals surface area (Å²) in [5.41, 5.74) is 1.02. The molecule has 0 aliphatic rings. The first kappa shape index (κ1) is 9.83. The Bertz CT molecular complexity index is 404. The summed E-state index contributed by atoms with van der Waals surface area (Å²) in [6, 6.07) is 2.24. The molecule has 2 aromatic heterocycles. The molecule has 0 radical (unpaired) electrons. The van der Waals surface area contributed by atoms with Crippen LogP contribution in [0.5, 0.6) is 5.75 Å². The lowest BCUT2D eigenvalue weighted by atomic mass is 10.4. The van der Waals surface area contributed by atoms with Gasteiger partial charge in [-0.3, -0.25) is 4.68 Å². The van der Waals surface area contributed by atoms with E-state index in [0.29, 0.717) is 12.6 Å². The van der Waals surface area contributed by atoms with Crippen molar-refractivity contribution in [1.82, 2.24) is 9.78 Å². The van der Waals surface area contributed by atoms with E-state index >= 15 is 0 Å². The Kier molecular flexibility index (Phi) is 2.76. The van der Waals surface area contributed by atoms with E-state index in [4.69, 9.17) is 9.15 Å². The van der Waals surface area contributed by atoms with Gasteiger partial charge in [0.2, 0.25) is 0 Å². The maximum absolute atomic E-state index is 5.54. The van der Waals surface area contributed by atoms with Crippen LogP contribution in [0.25, 0.3) is 0 Å². The monoisotopic (exact) mass is 206 g/mol. The summed E-state index contributed by atoms with van der Waals surface area (Å²) in [4.78, 5) is 0. The predicted octanol–water partition coefficient (Wildman–Crippen LogP) is 2.64. The van der Waals surface area contributed by atoms with Gasteiger partial charge in [-0.25, -0.2) is 0 Å². The molecule has 2 heterocycles. The first-order chi connectivity index (χ1) is 7.25. The molecule has 0 atom stereocenters. The fourth-order valence-corrected chi connectivity index (χ4v) is 1.22. The van der Waals surface area contributed by atoms with E-state index in [9.17, 15) is 0 Å². The Morgan fingerprint density at radius 2 is 2.40 bits per heavy atom. The lowest BCUT2D eigenvalue weighted by molar-refractivity contribution is 0.304. The highest BCUT2D eigenvalue weighted by Crippen LogP contribution is 2.14. The molecule has 2 rings (SSSR count). The van der Waals surface area contributed by atoms with Crippen molar-refractivity contribution in [2.24, 2.45) is 0 Å². The molecule has 0 saturated carbocycles. The minimum absolute atomic E-state index is 0.358. The van der Waals surface area contributed by atoms with Gasteiger partial charge in [0.25, 0.3) is 0 Å². The van der Waals surface area contributed by atoms with Crippen molar-refractivity contribution in [3.8, 4) is 5.75 Å². The SMILES string of the molecule is CC(C)n1cc(OCc2ccoc2)cn1. The second-order valence-electron chi connectivity index (χ2n) is 3.67. The molecule has 0 amide bonds. The minimum Gasteiger partial charge on any atom is -0.485 e. The number of ether oxygens (including phenoxy) is 1. The molecule has 0 bridgehead atoms. The van der Waals surface area contributed by atoms with Crippen LogP contribution in [0.3, 0.4) is 0 Å². The Morgan fingerprint density at radius 1 is 1.53 bits per heavy atom. The zero-order valence-corrected chi connectivity index (χ0v) is 8.88. The van der Waals surface area contributed by atoms with Gasteiger partial charge in [-0.1, -0.05) is 0 Å². The minimum atomic E-state index is 0.358. The van der Waals surface area contributed by atoms with Crippen LogP contribution in [0, 0.1) is 0 Å². The number of rotatable bonds is 4. The van der Waals surface area contributed by atoms with Crippen LogP contribution in [-0.2, 0) is 6.61 Å². The Hall–Kier alpha value is -1.71. The van der Waals surface area contributed by atoms with Crippen molar-refractivity contribution < 1.29 is 9.15 Å². The highest BCUT2D eigenvalue weighted by atomic mass is 16.5. The van der Waals surface area contributed by atoms with Crippen LogP contribution >= 0.6 is 0 Å². The van der Waals surface area contributed by atoms with Gasteiger partial charge < -0.3 is 9.15 Å². The van der Waals surface area contributed by atoms with E-state index in [1.807, 2.05) is 16.9 Å². The highest BCUT2D eigenvalue weighted by molar-refractivity contribution is 5.13. The Morgan fingerprint density at radius 3 is 3.00 bits per heavy atom. The molecular weight excluding hydrogens is 192 g/mol. The largest absolute Gasteiger partial charge is 0.485 e. The fourth-order valence-electron chi connectivity index (χ4n) is 1.22. The molecule has 0 unspecified atom stereocenters. The zero-order valence-electron chi connectivity index (χ0n) is 8.88. The first-order valence-electron chi connectivity index (χ1n) is 4.94. The van der Waals surface area contributed by atoms with Crippen LogP contribution in [0.2, 0.25) is 0 Å². The molecule has 2 aromatic rings. The maximum Gasteiger partial charge on any atom is 0.157 e. The van der Waals surface area contributed by atoms with E-state index in [0.717, 1.165) is 11.3 Å². The van der Waals surface area contributed by atoms with E-state index < -0.39 is 0 Å². The molecular formula is C11H14N2O2. The lowest BCUT2D eigenvalue weighted by Crippen LogP contribution is -2.00. The van der Waals surface area contributed by atoms with Crippen LogP contribution in [0.15, 0.2) is 35.4 Å². The molecule has 0 aliphatic heterocycles. The summed E-state index contributed by atoms with van der Waals surface area (Å²) < 4.78 is 12.3. The van der Waals surface area contributed by atoms with E-state index in [1.54, 1.807) is 18.7 Å². The van der Waals surface area contributed by atoms with Gasteiger partial charge in [0.1, 0.15) is 6.61 Å². The second kappa shape index (κ2) is 4.21. The van der Waals surface area contributed by atoms with Gasteiger partial charge in [0.15, 0.2) is 5.75 Å². The number of furan rings is 1. The molecule has 4 nitrogen and oxygen atoms in total.